The lowest BCUT2D eigenvalue weighted by atomic mass is 10.1. The van der Waals surface area contributed by atoms with Crippen LogP contribution in [0.2, 0.25) is 5.02 Å². The van der Waals surface area contributed by atoms with Crippen LogP contribution in [0.3, 0.4) is 0 Å². The summed E-state index contributed by atoms with van der Waals surface area (Å²) in [5, 5.41) is 5.65. The summed E-state index contributed by atoms with van der Waals surface area (Å²) in [6, 6.07) is 11.8. The minimum Gasteiger partial charge on any atom is -0.294 e. The SMILES string of the molecule is Cc1cc(Cn2cnc3c(cnn3-c3cccc(C)c3C)c2=O)ccc1Cl. The van der Waals surface area contributed by atoms with Crippen LogP contribution >= 0.6 is 11.6 Å². The van der Waals surface area contributed by atoms with E-state index in [2.05, 4.69) is 23.1 Å². The summed E-state index contributed by atoms with van der Waals surface area (Å²) in [4.78, 5) is 17.4. The quantitative estimate of drug-likeness (QED) is 0.536. The van der Waals surface area contributed by atoms with Gasteiger partial charge < -0.3 is 0 Å². The number of halogens is 1. The van der Waals surface area contributed by atoms with E-state index in [0.717, 1.165) is 27.4 Å². The molecule has 4 rings (SSSR count). The maximum absolute atomic E-state index is 12.9. The van der Waals surface area contributed by atoms with E-state index < -0.39 is 0 Å². The lowest BCUT2D eigenvalue weighted by molar-refractivity contribution is 0.745. The monoisotopic (exact) mass is 378 g/mol. The standard InChI is InChI=1S/C21H19ClN4O/c1-13-5-4-6-19(15(13)3)26-20-17(10-24-26)21(27)25(12-23-20)11-16-7-8-18(22)14(2)9-16/h4-10,12H,11H2,1-3H3. The summed E-state index contributed by atoms with van der Waals surface area (Å²) < 4.78 is 3.33. The predicted molar refractivity (Wildman–Crippen MR) is 108 cm³/mol. The molecule has 0 fully saturated rings. The van der Waals surface area contributed by atoms with Crippen LogP contribution in [0.5, 0.6) is 0 Å². The van der Waals surface area contributed by atoms with Crippen molar-refractivity contribution in [1.82, 2.24) is 19.3 Å². The van der Waals surface area contributed by atoms with Crippen molar-refractivity contribution < 1.29 is 0 Å². The maximum atomic E-state index is 12.9. The molecule has 5 nitrogen and oxygen atoms in total. The summed E-state index contributed by atoms with van der Waals surface area (Å²) in [6.45, 7) is 6.49. The number of fused-ring (bicyclic) bond motifs is 1. The van der Waals surface area contributed by atoms with E-state index in [1.54, 1.807) is 21.8 Å². The highest BCUT2D eigenvalue weighted by atomic mass is 35.5. The molecule has 4 aromatic rings. The van der Waals surface area contributed by atoms with Crippen molar-refractivity contribution in [2.75, 3.05) is 0 Å². The van der Waals surface area contributed by atoms with Crippen LogP contribution in [-0.2, 0) is 6.54 Å². The molecule has 0 bridgehead atoms. The number of hydrogen-bond acceptors (Lipinski definition) is 3. The molecule has 0 unspecified atom stereocenters. The Morgan fingerprint density at radius 1 is 1.07 bits per heavy atom. The molecule has 0 atom stereocenters. The fourth-order valence-corrected chi connectivity index (χ4v) is 3.32. The first-order valence-electron chi connectivity index (χ1n) is 8.70. The fraction of sp³-hybridized carbons (Fsp3) is 0.190. The van der Waals surface area contributed by atoms with Crippen LogP contribution in [-0.4, -0.2) is 19.3 Å². The zero-order valence-electron chi connectivity index (χ0n) is 15.4. The van der Waals surface area contributed by atoms with E-state index >= 15 is 0 Å². The van der Waals surface area contributed by atoms with Gasteiger partial charge in [0.2, 0.25) is 0 Å². The van der Waals surface area contributed by atoms with E-state index in [1.165, 1.54) is 5.56 Å². The van der Waals surface area contributed by atoms with Crippen LogP contribution in [0.1, 0.15) is 22.3 Å². The summed E-state index contributed by atoms with van der Waals surface area (Å²) >= 11 is 6.09. The van der Waals surface area contributed by atoms with Gasteiger partial charge in [0, 0.05) is 5.02 Å². The second-order valence-electron chi connectivity index (χ2n) is 6.77. The zero-order valence-corrected chi connectivity index (χ0v) is 16.2. The maximum Gasteiger partial charge on any atom is 0.264 e. The lowest BCUT2D eigenvalue weighted by Crippen LogP contribution is -2.21. The molecule has 0 aliphatic carbocycles. The van der Waals surface area contributed by atoms with Crippen molar-refractivity contribution in [3.63, 3.8) is 0 Å². The van der Waals surface area contributed by atoms with Gasteiger partial charge in [0.15, 0.2) is 5.65 Å². The molecule has 0 amide bonds. The minimum atomic E-state index is -0.107. The Bertz CT molecular complexity index is 1220. The summed E-state index contributed by atoms with van der Waals surface area (Å²) in [6.07, 6.45) is 3.17. The summed E-state index contributed by atoms with van der Waals surface area (Å²) in [5.74, 6) is 0. The smallest absolute Gasteiger partial charge is 0.264 e. The molecule has 2 heterocycles. The van der Waals surface area contributed by atoms with Gasteiger partial charge in [0.1, 0.15) is 11.7 Å². The first kappa shape index (κ1) is 17.5. The largest absolute Gasteiger partial charge is 0.294 e. The predicted octanol–water partition coefficient (Wildman–Crippen LogP) is 4.21. The molecule has 2 aromatic carbocycles. The van der Waals surface area contributed by atoms with Gasteiger partial charge in [0.05, 0.1) is 18.4 Å². The van der Waals surface area contributed by atoms with E-state index in [0.29, 0.717) is 17.6 Å². The van der Waals surface area contributed by atoms with Crippen molar-refractivity contribution in [2.24, 2.45) is 0 Å². The van der Waals surface area contributed by atoms with Gasteiger partial charge >= 0.3 is 0 Å². The van der Waals surface area contributed by atoms with Gasteiger partial charge in [-0.1, -0.05) is 35.9 Å². The minimum absolute atomic E-state index is 0.107. The second kappa shape index (κ2) is 6.67. The third kappa shape index (κ3) is 3.04. The molecule has 6 heteroatoms. The average Bonchev–Trinajstić information content (AvgIpc) is 3.07. The Labute approximate surface area is 161 Å². The van der Waals surface area contributed by atoms with Gasteiger partial charge in [-0.2, -0.15) is 5.10 Å². The number of benzene rings is 2. The Hall–Kier alpha value is -2.92. The Morgan fingerprint density at radius 2 is 1.89 bits per heavy atom. The Balaban J connectivity index is 1.79. The fourth-order valence-electron chi connectivity index (χ4n) is 3.20. The van der Waals surface area contributed by atoms with Crippen LogP contribution < -0.4 is 5.56 Å². The molecule has 27 heavy (non-hydrogen) atoms. The number of nitrogens with zero attached hydrogens (tertiary/aromatic N) is 4. The molecule has 136 valence electrons. The summed E-state index contributed by atoms with van der Waals surface area (Å²) in [7, 11) is 0. The molecule has 2 aromatic heterocycles. The van der Waals surface area contributed by atoms with E-state index in [9.17, 15) is 4.79 Å². The van der Waals surface area contributed by atoms with Crippen molar-refractivity contribution >= 4 is 22.6 Å². The third-order valence-corrected chi connectivity index (χ3v) is 5.36. The number of aromatic nitrogens is 4. The van der Waals surface area contributed by atoms with E-state index in [-0.39, 0.29) is 5.56 Å². The third-order valence-electron chi connectivity index (χ3n) is 4.93. The van der Waals surface area contributed by atoms with Gasteiger partial charge in [0.25, 0.3) is 5.56 Å². The average molecular weight is 379 g/mol. The molecule has 0 aliphatic heterocycles. The van der Waals surface area contributed by atoms with Crippen molar-refractivity contribution in [3.8, 4) is 5.69 Å². The van der Waals surface area contributed by atoms with Gasteiger partial charge in [-0.15, -0.1) is 0 Å². The Morgan fingerprint density at radius 3 is 2.67 bits per heavy atom. The first-order valence-corrected chi connectivity index (χ1v) is 9.08. The van der Waals surface area contributed by atoms with Crippen molar-refractivity contribution in [3.05, 3.63) is 86.6 Å². The summed E-state index contributed by atoms with van der Waals surface area (Å²) in [5.41, 5.74) is 5.66. The molecular formula is C21H19ClN4O. The van der Waals surface area contributed by atoms with Gasteiger partial charge in [-0.3, -0.25) is 9.36 Å². The topological polar surface area (TPSA) is 52.7 Å². The number of hydrogen-bond donors (Lipinski definition) is 0. The van der Waals surface area contributed by atoms with E-state index in [1.807, 2.05) is 44.2 Å². The number of rotatable bonds is 3. The molecular weight excluding hydrogens is 360 g/mol. The van der Waals surface area contributed by atoms with Crippen LogP contribution in [0.25, 0.3) is 16.7 Å². The molecule has 0 spiro atoms. The van der Waals surface area contributed by atoms with Crippen molar-refractivity contribution in [1.29, 1.82) is 0 Å². The number of aryl methyl sites for hydroxylation is 2. The first-order chi connectivity index (χ1) is 13.0. The highest BCUT2D eigenvalue weighted by Crippen LogP contribution is 2.20. The molecule has 0 saturated carbocycles. The van der Waals surface area contributed by atoms with Crippen LogP contribution in [0, 0.1) is 20.8 Å². The van der Waals surface area contributed by atoms with Gasteiger partial charge in [-0.25, -0.2) is 9.67 Å². The molecule has 0 saturated heterocycles. The molecule has 0 radical (unpaired) electrons. The molecule has 0 aliphatic rings. The van der Waals surface area contributed by atoms with E-state index in [4.69, 9.17) is 11.6 Å². The second-order valence-corrected chi connectivity index (χ2v) is 7.18. The highest BCUT2D eigenvalue weighted by Gasteiger charge is 2.13. The lowest BCUT2D eigenvalue weighted by Gasteiger charge is -2.10. The normalized spacial score (nSPS) is 11.3. The highest BCUT2D eigenvalue weighted by molar-refractivity contribution is 6.31. The van der Waals surface area contributed by atoms with Gasteiger partial charge in [-0.05, 0) is 55.2 Å². The Kier molecular flexibility index (Phi) is 4.32. The van der Waals surface area contributed by atoms with Crippen LogP contribution in [0.4, 0.5) is 0 Å². The molecule has 0 N–H and O–H groups in total. The van der Waals surface area contributed by atoms with Crippen molar-refractivity contribution in [2.45, 2.75) is 27.3 Å². The zero-order chi connectivity index (χ0) is 19.1. The van der Waals surface area contributed by atoms with Crippen LogP contribution in [0.15, 0.2) is 53.7 Å².